The van der Waals surface area contributed by atoms with Crippen LogP contribution in [-0.2, 0) is 7.05 Å². The van der Waals surface area contributed by atoms with E-state index >= 15 is 0 Å². The minimum atomic E-state index is -3.02. The van der Waals surface area contributed by atoms with E-state index in [0.717, 1.165) is 4.90 Å². The number of carbonyl (C=O) groups is 1. The molecule has 1 aliphatic rings. The zero-order valence-corrected chi connectivity index (χ0v) is 14.5. The van der Waals surface area contributed by atoms with Crippen LogP contribution in [0.1, 0.15) is 23.8 Å². The number of likely N-dealkylation sites (tertiary alicyclic amines) is 1. The average molecular weight is 367 g/mol. The number of hydrogen-bond acceptors (Lipinski definition) is 3. The Morgan fingerprint density at radius 3 is 2.62 bits per heavy atom. The number of nitrogens with zero attached hydrogens (tertiary/aromatic N) is 3. The number of rotatable bonds is 3. The van der Waals surface area contributed by atoms with Crippen LogP contribution in [0.5, 0.6) is 0 Å². The van der Waals surface area contributed by atoms with Gasteiger partial charge in [-0.1, -0.05) is 19.1 Å². The molecule has 1 amide bonds. The topological polar surface area (TPSA) is 58.4 Å². The van der Waals surface area contributed by atoms with E-state index in [1.807, 2.05) is 0 Å². The molecule has 26 heavy (non-hydrogen) atoms. The number of halogens is 3. The summed E-state index contributed by atoms with van der Waals surface area (Å²) >= 11 is 0. The maximum Gasteiger partial charge on any atom is 0.275 e. The highest BCUT2D eigenvalue weighted by atomic mass is 19.3. The van der Waals surface area contributed by atoms with Crippen molar-refractivity contribution in [3.8, 4) is 11.1 Å². The summed E-state index contributed by atoms with van der Waals surface area (Å²) < 4.78 is 42.6. The lowest BCUT2D eigenvalue weighted by Crippen LogP contribution is -2.56. The zero-order chi connectivity index (χ0) is 19.1. The largest absolute Gasteiger partial charge is 0.394 e. The summed E-state index contributed by atoms with van der Waals surface area (Å²) in [5.74, 6) is -4.66. The monoisotopic (exact) mass is 367 g/mol. The fourth-order valence-electron chi connectivity index (χ4n) is 3.47. The van der Waals surface area contributed by atoms with Gasteiger partial charge in [0.15, 0.2) is 5.69 Å². The van der Waals surface area contributed by atoms with Crippen LogP contribution in [0, 0.1) is 11.7 Å². The third-order valence-corrected chi connectivity index (χ3v) is 4.71. The standard InChI is InChI=1S/C18H20F3N3O2/c1-11-7-18(20,21)10-24(15(11)9-25)17(26)16-14(8-23(2)22-16)12-3-5-13(19)6-4-12/h3-6,8,11,15,25H,7,9-10H2,1-2H3/t11-,15-/m1/s1. The fraction of sp³-hybridized carbons (Fsp3) is 0.444. The van der Waals surface area contributed by atoms with E-state index in [9.17, 15) is 23.1 Å². The van der Waals surface area contributed by atoms with Gasteiger partial charge in [0.05, 0.1) is 19.2 Å². The first kappa shape index (κ1) is 18.4. The number of piperidine rings is 1. The molecule has 2 atom stereocenters. The molecule has 5 nitrogen and oxygen atoms in total. The summed E-state index contributed by atoms with van der Waals surface area (Å²) in [5, 5.41) is 13.7. The summed E-state index contributed by atoms with van der Waals surface area (Å²) in [6.45, 7) is 0.427. The molecule has 2 aromatic rings. The van der Waals surface area contributed by atoms with E-state index in [-0.39, 0.29) is 12.1 Å². The maximum absolute atomic E-state index is 14.0. The highest BCUT2D eigenvalue weighted by Gasteiger charge is 2.46. The molecule has 1 aliphatic heterocycles. The second-order valence-electron chi connectivity index (χ2n) is 6.79. The quantitative estimate of drug-likeness (QED) is 0.908. The van der Waals surface area contributed by atoms with Gasteiger partial charge in [0.1, 0.15) is 5.82 Å². The van der Waals surface area contributed by atoms with Crippen molar-refractivity contribution in [2.45, 2.75) is 25.3 Å². The van der Waals surface area contributed by atoms with E-state index in [1.165, 1.54) is 28.9 Å². The van der Waals surface area contributed by atoms with Gasteiger partial charge in [0.2, 0.25) is 0 Å². The molecular formula is C18H20F3N3O2. The molecule has 3 rings (SSSR count). The molecule has 1 fully saturated rings. The molecule has 140 valence electrons. The Bertz CT molecular complexity index is 805. The van der Waals surface area contributed by atoms with Gasteiger partial charge in [-0.25, -0.2) is 13.2 Å². The Morgan fingerprint density at radius 2 is 2.00 bits per heavy atom. The van der Waals surface area contributed by atoms with Crippen LogP contribution in [-0.4, -0.2) is 50.8 Å². The lowest BCUT2D eigenvalue weighted by molar-refractivity contribution is -0.0992. The number of aromatic nitrogens is 2. The van der Waals surface area contributed by atoms with Gasteiger partial charge < -0.3 is 10.0 Å². The number of hydrogen-bond donors (Lipinski definition) is 1. The van der Waals surface area contributed by atoms with Gasteiger partial charge in [-0.15, -0.1) is 0 Å². The molecule has 8 heteroatoms. The summed E-state index contributed by atoms with van der Waals surface area (Å²) in [7, 11) is 1.61. The predicted octanol–water partition coefficient (Wildman–Crippen LogP) is 2.70. The number of aliphatic hydroxyl groups excluding tert-OH is 1. The molecular weight excluding hydrogens is 347 g/mol. The minimum Gasteiger partial charge on any atom is -0.394 e. The summed E-state index contributed by atoms with van der Waals surface area (Å²) in [6, 6.07) is 4.81. The van der Waals surface area contributed by atoms with Crippen LogP contribution in [0.3, 0.4) is 0 Å². The molecule has 0 aliphatic carbocycles. The van der Waals surface area contributed by atoms with Crippen LogP contribution in [0.2, 0.25) is 0 Å². The first-order valence-electron chi connectivity index (χ1n) is 8.31. The van der Waals surface area contributed by atoms with Crippen molar-refractivity contribution in [3.63, 3.8) is 0 Å². The molecule has 0 saturated carbocycles. The van der Waals surface area contributed by atoms with E-state index in [1.54, 1.807) is 20.2 Å². The maximum atomic E-state index is 14.0. The van der Waals surface area contributed by atoms with E-state index in [2.05, 4.69) is 5.10 Å². The molecule has 0 spiro atoms. The number of carbonyl (C=O) groups excluding carboxylic acids is 1. The van der Waals surface area contributed by atoms with Gasteiger partial charge in [-0.3, -0.25) is 9.48 Å². The average Bonchev–Trinajstić information content (AvgIpc) is 2.95. The Balaban J connectivity index is 2.00. The van der Waals surface area contributed by atoms with Crippen molar-refractivity contribution in [1.82, 2.24) is 14.7 Å². The second-order valence-corrected chi connectivity index (χ2v) is 6.79. The Kier molecular flexibility index (Phi) is 4.79. The van der Waals surface area contributed by atoms with Crippen LogP contribution >= 0.6 is 0 Å². The fourth-order valence-corrected chi connectivity index (χ4v) is 3.47. The highest BCUT2D eigenvalue weighted by Crippen LogP contribution is 2.35. The minimum absolute atomic E-state index is 0.00228. The summed E-state index contributed by atoms with van der Waals surface area (Å²) in [5.41, 5.74) is 0.985. The molecule has 0 unspecified atom stereocenters. The van der Waals surface area contributed by atoms with E-state index in [0.29, 0.717) is 11.1 Å². The van der Waals surface area contributed by atoms with Gasteiger partial charge in [-0.2, -0.15) is 5.10 Å². The SMILES string of the molecule is C[C@@H]1CC(F)(F)CN(C(=O)c2nn(C)cc2-c2ccc(F)cc2)[C@@H]1CO. The third-order valence-electron chi connectivity index (χ3n) is 4.71. The molecule has 0 bridgehead atoms. The number of aryl methyl sites for hydroxylation is 1. The lowest BCUT2D eigenvalue weighted by Gasteiger charge is -2.42. The molecule has 2 heterocycles. The van der Waals surface area contributed by atoms with Crippen LogP contribution in [0.15, 0.2) is 30.5 Å². The Morgan fingerprint density at radius 1 is 1.35 bits per heavy atom. The Labute approximate surface area is 149 Å². The van der Waals surface area contributed by atoms with Crippen molar-refractivity contribution < 1.29 is 23.1 Å². The number of alkyl halides is 2. The van der Waals surface area contributed by atoms with Crippen molar-refractivity contribution in [2.24, 2.45) is 13.0 Å². The second kappa shape index (κ2) is 6.75. The van der Waals surface area contributed by atoms with Crippen LogP contribution < -0.4 is 0 Å². The number of aliphatic hydroxyl groups is 1. The van der Waals surface area contributed by atoms with Crippen molar-refractivity contribution in [3.05, 3.63) is 42.0 Å². The molecule has 0 radical (unpaired) electrons. The lowest BCUT2D eigenvalue weighted by atomic mass is 9.88. The van der Waals surface area contributed by atoms with Crippen molar-refractivity contribution >= 4 is 5.91 Å². The molecule has 1 N–H and O–H groups in total. The Hall–Kier alpha value is -2.35. The van der Waals surface area contributed by atoms with Gasteiger partial charge in [0, 0.05) is 25.2 Å². The van der Waals surface area contributed by atoms with E-state index < -0.39 is 42.8 Å². The van der Waals surface area contributed by atoms with Crippen molar-refractivity contribution in [2.75, 3.05) is 13.2 Å². The van der Waals surface area contributed by atoms with Gasteiger partial charge in [-0.05, 0) is 23.6 Å². The van der Waals surface area contributed by atoms with Gasteiger partial charge >= 0.3 is 0 Å². The van der Waals surface area contributed by atoms with E-state index in [4.69, 9.17) is 0 Å². The summed E-state index contributed by atoms with van der Waals surface area (Å²) in [4.78, 5) is 14.0. The van der Waals surface area contributed by atoms with Crippen LogP contribution in [0.25, 0.3) is 11.1 Å². The zero-order valence-electron chi connectivity index (χ0n) is 14.5. The first-order valence-corrected chi connectivity index (χ1v) is 8.31. The van der Waals surface area contributed by atoms with Gasteiger partial charge in [0.25, 0.3) is 11.8 Å². The summed E-state index contributed by atoms with van der Waals surface area (Å²) in [6.07, 6.45) is 1.20. The van der Waals surface area contributed by atoms with Crippen LogP contribution in [0.4, 0.5) is 13.2 Å². The predicted molar refractivity (Wildman–Crippen MR) is 89.2 cm³/mol. The number of benzene rings is 1. The molecule has 1 aromatic carbocycles. The normalized spacial score (nSPS) is 22.5. The first-order chi connectivity index (χ1) is 12.2. The third kappa shape index (κ3) is 3.46. The highest BCUT2D eigenvalue weighted by molar-refractivity contribution is 5.99. The number of amides is 1. The smallest absolute Gasteiger partial charge is 0.275 e. The molecule has 1 saturated heterocycles. The van der Waals surface area contributed by atoms with Crippen molar-refractivity contribution in [1.29, 1.82) is 0 Å². The molecule has 1 aromatic heterocycles.